The van der Waals surface area contributed by atoms with Crippen LogP contribution in [-0.4, -0.2) is 77.4 Å². The van der Waals surface area contributed by atoms with Gasteiger partial charge >= 0.3 is 0 Å². The van der Waals surface area contributed by atoms with E-state index in [0.717, 1.165) is 36.9 Å². The maximum atomic E-state index is 14.3. The van der Waals surface area contributed by atoms with Gasteiger partial charge in [-0.3, -0.25) is 19.2 Å². The van der Waals surface area contributed by atoms with Gasteiger partial charge in [-0.1, -0.05) is 85.5 Å². The Bertz CT molecular complexity index is 1700. The molecule has 10 nitrogen and oxygen atoms in total. The standard InChI is InChI=1S/C39H45ClN6O4/c40-30-17-15-27(16-18-30)35(43-36(48)33-23-28-9-7-8-10-29(28)24-41-33)37(49)44-21-19-39(20-22-44)38(50)45(26-46(39)32-13-5-2-6-14-32)25-34(47)42-31-11-3-1-4-12-31/h2,5-10,13-18,31,33,35,41H,1,3-4,11-12,19-26H2,(H,42,47)(H,43,48). The van der Waals surface area contributed by atoms with Crippen molar-refractivity contribution >= 4 is 40.9 Å². The summed E-state index contributed by atoms with van der Waals surface area (Å²) in [6, 6.07) is 23.6. The molecule has 4 aliphatic rings. The molecule has 1 saturated carbocycles. The maximum Gasteiger partial charge on any atom is 0.250 e. The third kappa shape index (κ3) is 7.09. The van der Waals surface area contributed by atoms with Crippen molar-refractivity contribution < 1.29 is 19.2 Å². The molecule has 1 spiro atoms. The van der Waals surface area contributed by atoms with Crippen molar-refractivity contribution in [3.05, 3.63) is 101 Å². The van der Waals surface area contributed by atoms with Crippen molar-refractivity contribution in [1.29, 1.82) is 0 Å². The van der Waals surface area contributed by atoms with Crippen LogP contribution in [0.1, 0.15) is 67.7 Å². The lowest BCUT2D eigenvalue weighted by Crippen LogP contribution is -2.59. The molecule has 0 bridgehead atoms. The van der Waals surface area contributed by atoms with E-state index in [-0.39, 0.29) is 36.2 Å². The number of hydrogen-bond acceptors (Lipinski definition) is 6. The molecule has 50 heavy (non-hydrogen) atoms. The monoisotopic (exact) mass is 696 g/mol. The minimum atomic E-state index is -0.919. The number of likely N-dealkylation sites (tertiary alicyclic amines) is 1. The summed E-state index contributed by atoms with van der Waals surface area (Å²) in [5.41, 5.74) is 2.94. The van der Waals surface area contributed by atoms with Crippen LogP contribution in [0.3, 0.4) is 0 Å². The molecule has 0 aromatic heterocycles. The average Bonchev–Trinajstić information content (AvgIpc) is 3.40. The zero-order valence-electron chi connectivity index (χ0n) is 28.3. The number of para-hydroxylation sites is 1. The van der Waals surface area contributed by atoms with Crippen molar-refractivity contribution in [1.82, 2.24) is 25.8 Å². The molecule has 11 heteroatoms. The summed E-state index contributed by atoms with van der Waals surface area (Å²) in [5, 5.41) is 10.1. The molecule has 262 valence electrons. The van der Waals surface area contributed by atoms with Gasteiger partial charge in [0.15, 0.2) is 0 Å². The van der Waals surface area contributed by atoms with E-state index in [4.69, 9.17) is 11.6 Å². The quantitative estimate of drug-likeness (QED) is 0.323. The average molecular weight is 697 g/mol. The number of carbonyl (C=O) groups excluding carboxylic acids is 4. The molecular formula is C39H45ClN6O4. The van der Waals surface area contributed by atoms with Crippen LogP contribution in [0.2, 0.25) is 5.02 Å². The number of halogens is 1. The van der Waals surface area contributed by atoms with Gasteiger partial charge in [-0.15, -0.1) is 0 Å². The molecule has 1 aliphatic carbocycles. The van der Waals surface area contributed by atoms with Crippen molar-refractivity contribution in [3.8, 4) is 0 Å². The summed E-state index contributed by atoms with van der Waals surface area (Å²) in [6.07, 6.45) is 6.71. The van der Waals surface area contributed by atoms with Crippen LogP contribution in [0.25, 0.3) is 0 Å². The fourth-order valence-electron chi connectivity index (χ4n) is 8.12. The first-order valence-electron chi connectivity index (χ1n) is 17.9. The molecule has 3 heterocycles. The molecule has 3 aliphatic heterocycles. The van der Waals surface area contributed by atoms with E-state index in [1.165, 1.54) is 12.0 Å². The zero-order valence-corrected chi connectivity index (χ0v) is 29.0. The number of hydrogen-bond donors (Lipinski definition) is 3. The van der Waals surface area contributed by atoms with Crippen LogP contribution in [0.5, 0.6) is 0 Å². The van der Waals surface area contributed by atoms with Crippen LogP contribution in [0.4, 0.5) is 5.69 Å². The van der Waals surface area contributed by atoms with E-state index in [0.29, 0.717) is 56.2 Å². The first-order valence-corrected chi connectivity index (χ1v) is 18.2. The van der Waals surface area contributed by atoms with Crippen molar-refractivity contribution in [2.75, 3.05) is 31.2 Å². The molecule has 3 aromatic rings. The Morgan fingerprint density at radius 1 is 0.880 bits per heavy atom. The second kappa shape index (κ2) is 14.8. The Morgan fingerprint density at radius 3 is 2.28 bits per heavy atom. The van der Waals surface area contributed by atoms with Crippen molar-refractivity contribution in [2.24, 2.45) is 0 Å². The molecule has 3 fully saturated rings. The number of benzene rings is 3. The highest BCUT2D eigenvalue weighted by molar-refractivity contribution is 6.30. The summed E-state index contributed by atoms with van der Waals surface area (Å²) in [5.74, 6) is -0.685. The first-order chi connectivity index (χ1) is 24.3. The number of piperidine rings is 1. The number of nitrogens with one attached hydrogen (secondary N) is 3. The maximum absolute atomic E-state index is 14.3. The molecule has 7 rings (SSSR count). The Hall–Kier alpha value is -4.41. The van der Waals surface area contributed by atoms with Gasteiger partial charge in [-0.2, -0.15) is 0 Å². The van der Waals surface area contributed by atoms with Crippen LogP contribution in [0, 0.1) is 0 Å². The summed E-state index contributed by atoms with van der Waals surface area (Å²) < 4.78 is 0. The Balaban J connectivity index is 1.07. The van der Waals surface area contributed by atoms with E-state index in [2.05, 4.69) is 26.9 Å². The van der Waals surface area contributed by atoms with Crippen LogP contribution < -0.4 is 20.9 Å². The van der Waals surface area contributed by atoms with Gasteiger partial charge in [0.2, 0.25) is 17.7 Å². The number of anilines is 1. The predicted octanol–water partition coefficient (Wildman–Crippen LogP) is 4.33. The number of fused-ring (bicyclic) bond motifs is 1. The number of nitrogens with zero attached hydrogens (tertiary/aromatic N) is 3. The van der Waals surface area contributed by atoms with E-state index in [1.54, 1.807) is 34.1 Å². The molecule has 0 radical (unpaired) electrons. The fraction of sp³-hybridized carbons (Fsp3) is 0.436. The molecule has 3 aromatic carbocycles. The fourth-order valence-corrected chi connectivity index (χ4v) is 8.25. The van der Waals surface area contributed by atoms with Gasteiger partial charge in [0, 0.05) is 36.4 Å². The molecule has 2 unspecified atom stereocenters. The second-order valence-corrected chi connectivity index (χ2v) is 14.5. The third-order valence-electron chi connectivity index (χ3n) is 10.9. The van der Waals surface area contributed by atoms with Gasteiger partial charge in [0.05, 0.1) is 12.7 Å². The van der Waals surface area contributed by atoms with Crippen molar-refractivity contribution in [2.45, 2.75) is 81.6 Å². The van der Waals surface area contributed by atoms with Crippen LogP contribution in [0.15, 0.2) is 78.9 Å². The molecular weight excluding hydrogens is 652 g/mol. The molecule has 2 saturated heterocycles. The Morgan fingerprint density at radius 2 is 1.56 bits per heavy atom. The summed E-state index contributed by atoms with van der Waals surface area (Å²) in [4.78, 5) is 61.0. The zero-order chi connectivity index (χ0) is 34.7. The molecule has 3 N–H and O–H groups in total. The highest BCUT2D eigenvalue weighted by atomic mass is 35.5. The minimum Gasteiger partial charge on any atom is -0.352 e. The summed E-state index contributed by atoms with van der Waals surface area (Å²) in [7, 11) is 0. The number of carbonyl (C=O) groups is 4. The van der Waals surface area contributed by atoms with E-state index < -0.39 is 17.6 Å². The minimum absolute atomic E-state index is 0.00735. The largest absolute Gasteiger partial charge is 0.352 e. The van der Waals surface area contributed by atoms with Crippen LogP contribution in [-0.2, 0) is 32.1 Å². The Kier molecular flexibility index (Phi) is 10.1. The topological polar surface area (TPSA) is 114 Å². The lowest BCUT2D eigenvalue weighted by molar-refractivity contribution is -0.142. The van der Waals surface area contributed by atoms with E-state index >= 15 is 0 Å². The second-order valence-electron chi connectivity index (χ2n) is 14.1. The van der Waals surface area contributed by atoms with Gasteiger partial charge in [-0.05, 0) is 73.1 Å². The van der Waals surface area contributed by atoms with Gasteiger partial charge in [0.1, 0.15) is 18.1 Å². The lowest BCUT2D eigenvalue weighted by Gasteiger charge is -2.44. The van der Waals surface area contributed by atoms with E-state index in [9.17, 15) is 19.2 Å². The smallest absolute Gasteiger partial charge is 0.250 e. The number of amides is 4. The Labute approximate surface area is 298 Å². The summed E-state index contributed by atoms with van der Waals surface area (Å²) in [6.45, 7) is 1.53. The molecule has 2 atom stereocenters. The number of rotatable bonds is 8. The SMILES string of the molecule is O=C(CN1CN(c2ccccc2)C2(CCN(C(=O)C(NC(=O)C3Cc4ccccc4CN3)c3ccc(Cl)cc3)CC2)C1=O)NC1CCCCC1. The van der Waals surface area contributed by atoms with Crippen molar-refractivity contribution in [3.63, 3.8) is 0 Å². The predicted molar refractivity (Wildman–Crippen MR) is 192 cm³/mol. The normalized spacial score (nSPS) is 21.1. The third-order valence-corrected chi connectivity index (χ3v) is 11.2. The highest BCUT2D eigenvalue weighted by Gasteiger charge is 2.54. The summed E-state index contributed by atoms with van der Waals surface area (Å²) >= 11 is 6.20. The van der Waals surface area contributed by atoms with E-state index in [1.807, 2.05) is 48.5 Å². The van der Waals surface area contributed by atoms with Gasteiger partial charge < -0.3 is 30.7 Å². The van der Waals surface area contributed by atoms with Gasteiger partial charge in [0.25, 0.3) is 5.91 Å². The van der Waals surface area contributed by atoms with Gasteiger partial charge in [-0.25, -0.2) is 0 Å². The molecule has 4 amide bonds. The lowest BCUT2D eigenvalue weighted by atomic mass is 9.85. The first kappa shape index (κ1) is 34.1. The van der Waals surface area contributed by atoms with Crippen LogP contribution >= 0.6 is 11.6 Å². The highest BCUT2D eigenvalue weighted by Crippen LogP contribution is 2.40.